The van der Waals surface area contributed by atoms with Gasteiger partial charge in [-0.1, -0.05) is 45.9 Å². The predicted molar refractivity (Wildman–Crippen MR) is 84.9 cm³/mol. The quantitative estimate of drug-likeness (QED) is 0.886. The summed E-state index contributed by atoms with van der Waals surface area (Å²) in [6.45, 7) is 4.11. The van der Waals surface area contributed by atoms with E-state index < -0.39 is 0 Å². The molecule has 1 unspecified atom stereocenters. The Bertz CT molecular complexity index is 582. The van der Waals surface area contributed by atoms with Gasteiger partial charge in [-0.25, -0.2) is 0 Å². The minimum atomic E-state index is -0.0983. The Hall–Kier alpha value is -1.27. The molecule has 0 aliphatic heterocycles. The van der Waals surface area contributed by atoms with Gasteiger partial charge in [0.15, 0.2) is 0 Å². The molecule has 20 heavy (non-hydrogen) atoms. The van der Waals surface area contributed by atoms with Gasteiger partial charge in [0.1, 0.15) is 10.6 Å². The van der Waals surface area contributed by atoms with Crippen LogP contribution in [0.2, 0.25) is 0 Å². The Kier molecular flexibility index (Phi) is 5.25. The van der Waals surface area contributed by atoms with Crippen molar-refractivity contribution in [1.82, 2.24) is 14.9 Å². The largest absolute Gasteiger partial charge is 0.349 e. The second kappa shape index (κ2) is 6.95. The Morgan fingerprint density at radius 2 is 2.10 bits per heavy atom. The van der Waals surface area contributed by atoms with E-state index in [0.717, 1.165) is 34.4 Å². The van der Waals surface area contributed by atoms with Crippen LogP contribution >= 0.6 is 27.5 Å². The van der Waals surface area contributed by atoms with Crippen LogP contribution in [0.3, 0.4) is 0 Å². The number of nitrogens with one attached hydrogen (secondary N) is 1. The van der Waals surface area contributed by atoms with Gasteiger partial charge in [0.2, 0.25) is 0 Å². The number of nitrogens with zero attached hydrogens (tertiary/aromatic N) is 2. The van der Waals surface area contributed by atoms with Gasteiger partial charge in [-0.15, -0.1) is 5.10 Å². The fourth-order valence-corrected chi connectivity index (χ4v) is 2.79. The van der Waals surface area contributed by atoms with Crippen molar-refractivity contribution in [3.05, 3.63) is 33.6 Å². The summed E-state index contributed by atoms with van der Waals surface area (Å²) in [5.74, 6) is -0.0983. The smallest absolute Gasteiger partial charge is 0.265 e. The number of halogens is 1. The molecule has 106 valence electrons. The summed E-state index contributed by atoms with van der Waals surface area (Å²) in [6, 6.07) is 7.86. The Morgan fingerprint density at radius 1 is 1.40 bits per heavy atom. The van der Waals surface area contributed by atoms with Crippen molar-refractivity contribution in [2.75, 3.05) is 0 Å². The lowest BCUT2D eigenvalue weighted by Crippen LogP contribution is -2.32. The van der Waals surface area contributed by atoms with Crippen LogP contribution in [0, 0.1) is 0 Å². The van der Waals surface area contributed by atoms with Crippen LogP contribution in [0.1, 0.15) is 36.4 Å². The predicted octanol–water partition coefficient (Wildman–Crippen LogP) is 3.89. The average molecular weight is 354 g/mol. The zero-order chi connectivity index (χ0) is 14.5. The van der Waals surface area contributed by atoms with Gasteiger partial charge < -0.3 is 5.32 Å². The summed E-state index contributed by atoms with van der Waals surface area (Å²) in [5, 5.41) is 7.07. The first-order valence-electron chi connectivity index (χ1n) is 6.51. The molecule has 1 atom stereocenters. The summed E-state index contributed by atoms with van der Waals surface area (Å²) >= 11 is 4.53. The van der Waals surface area contributed by atoms with Gasteiger partial charge in [-0.3, -0.25) is 4.79 Å². The molecule has 6 heteroatoms. The zero-order valence-electron chi connectivity index (χ0n) is 11.4. The molecule has 0 saturated heterocycles. The molecule has 1 N–H and O–H groups in total. The van der Waals surface area contributed by atoms with Gasteiger partial charge >= 0.3 is 0 Å². The third-order valence-electron chi connectivity index (χ3n) is 2.91. The van der Waals surface area contributed by atoms with Crippen molar-refractivity contribution in [3.8, 4) is 11.3 Å². The topological polar surface area (TPSA) is 54.9 Å². The number of hydrogen-bond acceptors (Lipinski definition) is 4. The molecule has 1 heterocycles. The highest BCUT2D eigenvalue weighted by molar-refractivity contribution is 9.10. The third kappa shape index (κ3) is 3.64. The maximum absolute atomic E-state index is 12.3. The van der Waals surface area contributed by atoms with Crippen molar-refractivity contribution in [2.24, 2.45) is 0 Å². The maximum Gasteiger partial charge on any atom is 0.265 e. The molecule has 1 amide bonds. The molecule has 2 aromatic rings. The molecule has 4 nitrogen and oxygen atoms in total. The Morgan fingerprint density at radius 3 is 2.75 bits per heavy atom. The van der Waals surface area contributed by atoms with Crippen molar-refractivity contribution >= 4 is 33.4 Å². The van der Waals surface area contributed by atoms with E-state index in [2.05, 4.69) is 37.8 Å². The zero-order valence-corrected chi connectivity index (χ0v) is 13.8. The van der Waals surface area contributed by atoms with Crippen LogP contribution in [0.25, 0.3) is 11.3 Å². The number of carbonyl (C=O) groups excluding carboxylic acids is 1. The first-order chi connectivity index (χ1) is 9.61. The first-order valence-corrected chi connectivity index (χ1v) is 8.07. The normalized spacial score (nSPS) is 12.2. The monoisotopic (exact) mass is 353 g/mol. The fraction of sp³-hybridized carbons (Fsp3) is 0.357. The van der Waals surface area contributed by atoms with E-state index in [4.69, 9.17) is 0 Å². The van der Waals surface area contributed by atoms with Gasteiger partial charge in [0, 0.05) is 16.1 Å². The average Bonchev–Trinajstić information content (AvgIpc) is 2.89. The second-order valence-electron chi connectivity index (χ2n) is 4.62. The lowest BCUT2D eigenvalue weighted by molar-refractivity contribution is 0.0943. The van der Waals surface area contributed by atoms with Gasteiger partial charge in [-0.2, -0.15) is 0 Å². The van der Waals surface area contributed by atoms with Crippen LogP contribution in [-0.2, 0) is 0 Å². The van der Waals surface area contributed by atoms with Crippen LogP contribution < -0.4 is 5.32 Å². The molecule has 1 aromatic heterocycles. The fourth-order valence-electron chi connectivity index (χ4n) is 1.93. The summed E-state index contributed by atoms with van der Waals surface area (Å²) in [7, 11) is 0. The van der Waals surface area contributed by atoms with Crippen LogP contribution in [0.5, 0.6) is 0 Å². The third-order valence-corrected chi connectivity index (χ3v) is 4.16. The van der Waals surface area contributed by atoms with E-state index >= 15 is 0 Å². The van der Waals surface area contributed by atoms with Crippen molar-refractivity contribution < 1.29 is 4.79 Å². The van der Waals surface area contributed by atoms with Gasteiger partial charge in [0.05, 0.1) is 0 Å². The highest BCUT2D eigenvalue weighted by Crippen LogP contribution is 2.25. The molecule has 0 saturated carbocycles. The molecular weight excluding hydrogens is 338 g/mol. The van der Waals surface area contributed by atoms with Gasteiger partial charge in [0.25, 0.3) is 5.91 Å². The molecule has 1 aromatic carbocycles. The van der Waals surface area contributed by atoms with E-state index in [9.17, 15) is 4.79 Å². The SMILES string of the molecule is CCCC(C)NC(=O)c1snnc1-c1ccc(Br)cc1. The highest BCUT2D eigenvalue weighted by atomic mass is 79.9. The van der Waals surface area contributed by atoms with E-state index in [0.29, 0.717) is 10.6 Å². The number of carbonyl (C=O) groups is 1. The Balaban J connectivity index is 2.20. The molecule has 0 bridgehead atoms. The minimum absolute atomic E-state index is 0.0983. The van der Waals surface area contributed by atoms with Crippen LogP contribution in [0.15, 0.2) is 28.7 Å². The second-order valence-corrected chi connectivity index (χ2v) is 6.29. The lowest BCUT2D eigenvalue weighted by atomic mass is 10.1. The van der Waals surface area contributed by atoms with Crippen molar-refractivity contribution in [3.63, 3.8) is 0 Å². The summed E-state index contributed by atoms with van der Waals surface area (Å²) in [5.41, 5.74) is 1.54. The van der Waals surface area contributed by atoms with E-state index in [1.165, 1.54) is 0 Å². The highest BCUT2D eigenvalue weighted by Gasteiger charge is 2.18. The molecule has 0 fully saturated rings. The van der Waals surface area contributed by atoms with Crippen molar-refractivity contribution in [1.29, 1.82) is 0 Å². The number of aromatic nitrogens is 2. The molecule has 0 spiro atoms. The van der Waals surface area contributed by atoms with E-state index in [1.54, 1.807) is 0 Å². The van der Waals surface area contributed by atoms with Crippen LogP contribution in [0.4, 0.5) is 0 Å². The molecular formula is C14H16BrN3OS. The lowest BCUT2D eigenvalue weighted by Gasteiger charge is -2.11. The number of hydrogen-bond donors (Lipinski definition) is 1. The minimum Gasteiger partial charge on any atom is -0.349 e. The Labute approximate surface area is 130 Å². The molecule has 0 radical (unpaired) electrons. The first kappa shape index (κ1) is 15.1. The summed E-state index contributed by atoms with van der Waals surface area (Å²) in [6.07, 6.45) is 2.01. The van der Waals surface area contributed by atoms with E-state index in [-0.39, 0.29) is 11.9 Å². The summed E-state index contributed by atoms with van der Waals surface area (Å²) in [4.78, 5) is 12.8. The van der Waals surface area contributed by atoms with E-state index in [1.807, 2.05) is 31.2 Å². The van der Waals surface area contributed by atoms with Crippen molar-refractivity contribution in [2.45, 2.75) is 32.7 Å². The number of rotatable bonds is 5. The van der Waals surface area contributed by atoms with Gasteiger partial charge in [-0.05, 0) is 37.0 Å². The molecule has 2 rings (SSSR count). The molecule has 0 aliphatic rings. The number of amides is 1. The maximum atomic E-state index is 12.3. The number of benzene rings is 1. The molecule has 0 aliphatic carbocycles. The van der Waals surface area contributed by atoms with Crippen LogP contribution in [-0.4, -0.2) is 21.5 Å². The standard InChI is InChI=1S/C14H16BrN3OS/c1-3-4-9(2)16-14(19)13-12(17-18-20-13)10-5-7-11(15)8-6-10/h5-9H,3-4H2,1-2H3,(H,16,19). The summed E-state index contributed by atoms with van der Waals surface area (Å²) < 4.78 is 4.91.